The van der Waals surface area contributed by atoms with Gasteiger partial charge in [0.2, 0.25) is 10.0 Å². The van der Waals surface area contributed by atoms with Crippen molar-refractivity contribution in [2.75, 3.05) is 18.5 Å². The molecule has 0 fully saturated rings. The van der Waals surface area contributed by atoms with Crippen molar-refractivity contribution >= 4 is 27.6 Å². The Kier molecular flexibility index (Phi) is 6.91. The van der Waals surface area contributed by atoms with Gasteiger partial charge in [0.25, 0.3) is 5.91 Å². The van der Waals surface area contributed by atoms with E-state index in [-0.39, 0.29) is 16.1 Å². The fraction of sp³-hybridized carbons (Fsp3) is 0.158. The summed E-state index contributed by atoms with van der Waals surface area (Å²) < 4.78 is 33.3. The zero-order valence-electron chi connectivity index (χ0n) is 15.2. The van der Waals surface area contributed by atoms with Gasteiger partial charge in [-0.2, -0.15) is 0 Å². The van der Waals surface area contributed by atoms with Gasteiger partial charge in [-0.25, -0.2) is 18.4 Å². The van der Waals surface area contributed by atoms with Crippen LogP contribution in [-0.2, 0) is 19.6 Å². The van der Waals surface area contributed by atoms with Crippen molar-refractivity contribution in [3.8, 4) is 5.75 Å². The monoisotopic (exact) mass is 404 g/mol. The highest BCUT2D eigenvalue weighted by atomic mass is 32.2. The van der Waals surface area contributed by atoms with E-state index in [1.807, 2.05) is 0 Å². The topological polar surface area (TPSA) is 125 Å². The molecular weight excluding hydrogens is 384 g/mol. The van der Waals surface area contributed by atoms with Crippen LogP contribution in [0.4, 0.5) is 5.69 Å². The van der Waals surface area contributed by atoms with Crippen molar-refractivity contribution in [3.05, 3.63) is 66.2 Å². The van der Waals surface area contributed by atoms with Gasteiger partial charge >= 0.3 is 5.97 Å². The Labute approximate surface area is 163 Å². The van der Waals surface area contributed by atoms with Crippen LogP contribution >= 0.6 is 0 Å². The average molecular weight is 404 g/mol. The van der Waals surface area contributed by atoms with Crippen LogP contribution in [-0.4, -0.2) is 33.5 Å². The van der Waals surface area contributed by atoms with Crippen molar-refractivity contribution in [2.24, 2.45) is 5.14 Å². The summed E-state index contributed by atoms with van der Waals surface area (Å²) in [4.78, 5) is 23.9. The Morgan fingerprint density at radius 1 is 1.18 bits per heavy atom. The van der Waals surface area contributed by atoms with Crippen LogP contribution in [0.15, 0.2) is 60.0 Å². The van der Waals surface area contributed by atoms with Crippen LogP contribution in [0.5, 0.6) is 5.75 Å². The van der Waals surface area contributed by atoms with Crippen molar-refractivity contribution in [1.29, 1.82) is 0 Å². The van der Waals surface area contributed by atoms with E-state index in [2.05, 4.69) is 11.9 Å². The SMILES string of the molecule is C=CCOc1ccc(C(=O)OCC(=O)Nc2ccc(C)c(S(N)(=O)=O)c2)cc1. The normalized spacial score (nSPS) is 10.8. The fourth-order valence-electron chi connectivity index (χ4n) is 2.24. The Hall–Kier alpha value is -3.17. The smallest absolute Gasteiger partial charge is 0.338 e. The predicted molar refractivity (Wildman–Crippen MR) is 104 cm³/mol. The number of benzene rings is 2. The molecule has 0 bridgehead atoms. The summed E-state index contributed by atoms with van der Waals surface area (Å²) in [5.74, 6) is -0.734. The second-order valence-electron chi connectivity index (χ2n) is 5.77. The van der Waals surface area contributed by atoms with Gasteiger partial charge in [-0.05, 0) is 48.9 Å². The molecule has 1 amide bonds. The predicted octanol–water partition coefficient (Wildman–Crippen LogP) is 2.00. The maximum Gasteiger partial charge on any atom is 0.338 e. The first-order chi connectivity index (χ1) is 13.2. The molecule has 0 aliphatic heterocycles. The summed E-state index contributed by atoms with van der Waals surface area (Å²) in [5.41, 5.74) is 0.928. The third kappa shape index (κ3) is 5.93. The Morgan fingerprint density at radius 3 is 2.46 bits per heavy atom. The molecule has 0 saturated carbocycles. The molecule has 148 valence electrons. The molecule has 0 aliphatic rings. The van der Waals surface area contributed by atoms with Crippen LogP contribution in [0.1, 0.15) is 15.9 Å². The number of nitrogens with one attached hydrogen (secondary N) is 1. The Morgan fingerprint density at radius 2 is 1.86 bits per heavy atom. The molecular formula is C19H20N2O6S. The number of aryl methyl sites for hydroxylation is 1. The number of primary sulfonamides is 1. The second-order valence-corrected chi connectivity index (χ2v) is 7.30. The molecule has 9 heteroatoms. The number of hydrogen-bond acceptors (Lipinski definition) is 6. The van der Waals surface area contributed by atoms with E-state index < -0.39 is 28.5 Å². The first-order valence-electron chi connectivity index (χ1n) is 8.15. The van der Waals surface area contributed by atoms with Crippen LogP contribution in [0.25, 0.3) is 0 Å². The number of ether oxygens (including phenoxy) is 2. The van der Waals surface area contributed by atoms with Gasteiger partial charge in [-0.1, -0.05) is 18.7 Å². The van der Waals surface area contributed by atoms with Crippen molar-refractivity contribution in [1.82, 2.24) is 0 Å². The number of carbonyl (C=O) groups excluding carboxylic acids is 2. The fourth-order valence-corrected chi connectivity index (χ4v) is 3.05. The molecule has 0 heterocycles. The second kappa shape index (κ2) is 9.16. The Bertz CT molecular complexity index is 984. The Balaban J connectivity index is 1.93. The lowest BCUT2D eigenvalue weighted by molar-refractivity contribution is -0.119. The van der Waals surface area contributed by atoms with Gasteiger partial charge in [-0.15, -0.1) is 0 Å². The van der Waals surface area contributed by atoms with Gasteiger partial charge in [-0.3, -0.25) is 4.79 Å². The van der Waals surface area contributed by atoms with Crippen LogP contribution in [0.2, 0.25) is 0 Å². The van der Waals surface area contributed by atoms with Crippen molar-refractivity contribution < 1.29 is 27.5 Å². The first-order valence-corrected chi connectivity index (χ1v) is 9.69. The average Bonchev–Trinajstić information content (AvgIpc) is 2.65. The molecule has 8 nitrogen and oxygen atoms in total. The van der Waals surface area contributed by atoms with E-state index in [0.717, 1.165) is 0 Å². The number of esters is 1. The lowest BCUT2D eigenvalue weighted by atomic mass is 10.2. The van der Waals surface area contributed by atoms with Gasteiger partial charge in [0, 0.05) is 5.69 Å². The summed E-state index contributed by atoms with van der Waals surface area (Å²) in [6.07, 6.45) is 1.60. The lowest BCUT2D eigenvalue weighted by Crippen LogP contribution is -2.21. The lowest BCUT2D eigenvalue weighted by Gasteiger charge is -2.09. The van der Waals surface area contributed by atoms with E-state index in [1.165, 1.54) is 30.3 Å². The summed E-state index contributed by atoms with van der Waals surface area (Å²) >= 11 is 0. The molecule has 2 aromatic carbocycles. The molecule has 2 rings (SSSR count). The van der Waals surface area contributed by atoms with Gasteiger partial charge in [0.05, 0.1) is 10.5 Å². The van der Waals surface area contributed by atoms with E-state index in [1.54, 1.807) is 25.1 Å². The molecule has 0 aromatic heterocycles. The molecule has 3 N–H and O–H groups in total. The van der Waals surface area contributed by atoms with Crippen LogP contribution < -0.4 is 15.2 Å². The van der Waals surface area contributed by atoms with Gasteiger partial charge in [0.15, 0.2) is 6.61 Å². The van der Waals surface area contributed by atoms with E-state index in [9.17, 15) is 18.0 Å². The summed E-state index contributed by atoms with van der Waals surface area (Å²) in [6, 6.07) is 10.5. The number of hydrogen-bond donors (Lipinski definition) is 2. The van der Waals surface area contributed by atoms with E-state index >= 15 is 0 Å². The molecule has 0 unspecified atom stereocenters. The minimum atomic E-state index is -3.92. The largest absolute Gasteiger partial charge is 0.490 e. The molecule has 28 heavy (non-hydrogen) atoms. The summed E-state index contributed by atoms with van der Waals surface area (Å²) in [7, 11) is -3.92. The van der Waals surface area contributed by atoms with E-state index in [4.69, 9.17) is 14.6 Å². The summed E-state index contributed by atoms with van der Waals surface area (Å²) in [6.45, 7) is 4.93. The minimum Gasteiger partial charge on any atom is -0.490 e. The van der Waals surface area contributed by atoms with Crippen molar-refractivity contribution in [2.45, 2.75) is 11.8 Å². The highest BCUT2D eigenvalue weighted by Gasteiger charge is 2.14. The third-order valence-corrected chi connectivity index (χ3v) is 4.62. The van der Waals surface area contributed by atoms with Gasteiger partial charge < -0.3 is 14.8 Å². The molecule has 2 aromatic rings. The number of sulfonamides is 1. The summed E-state index contributed by atoms with van der Waals surface area (Å²) in [5, 5.41) is 7.59. The molecule has 0 spiro atoms. The van der Waals surface area contributed by atoms with Crippen molar-refractivity contribution in [3.63, 3.8) is 0 Å². The molecule has 0 radical (unpaired) electrons. The molecule has 0 aliphatic carbocycles. The molecule has 0 atom stereocenters. The highest BCUT2D eigenvalue weighted by Crippen LogP contribution is 2.19. The maximum atomic E-state index is 12.0. The maximum absolute atomic E-state index is 12.0. The van der Waals surface area contributed by atoms with Crippen LogP contribution in [0.3, 0.4) is 0 Å². The number of anilines is 1. The number of rotatable bonds is 8. The van der Waals surface area contributed by atoms with Crippen LogP contribution in [0, 0.1) is 6.92 Å². The third-order valence-electron chi connectivity index (χ3n) is 3.57. The number of carbonyl (C=O) groups is 2. The van der Waals surface area contributed by atoms with Gasteiger partial charge in [0.1, 0.15) is 12.4 Å². The number of amides is 1. The van der Waals surface area contributed by atoms with E-state index in [0.29, 0.717) is 17.9 Å². The zero-order valence-corrected chi connectivity index (χ0v) is 16.0. The standard InChI is InChI=1S/C19H20N2O6S/c1-3-10-26-16-8-5-14(6-9-16)19(23)27-12-18(22)21-15-7-4-13(2)17(11-15)28(20,24)25/h3-9,11H,1,10,12H2,2H3,(H,21,22)(H2,20,24,25). The first kappa shape index (κ1) is 21.1. The zero-order chi connectivity index (χ0) is 20.7. The quantitative estimate of drug-likeness (QED) is 0.512. The minimum absolute atomic E-state index is 0.0962. The number of nitrogens with two attached hydrogens (primary N) is 1. The molecule has 0 saturated heterocycles. The highest BCUT2D eigenvalue weighted by molar-refractivity contribution is 7.89.